The molecule has 0 N–H and O–H groups in total. The van der Waals surface area contributed by atoms with Crippen LogP contribution in [-0.4, -0.2) is 27.3 Å². The summed E-state index contributed by atoms with van der Waals surface area (Å²) in [4.78, 5) is 0. The molecule has 1 saturated carbocycles. The number of hydrogen-bond acceptors (Lipinski definition) is 0. The van der Waals surface area contributed by atoms with Gasteiger partial charge in [-0.25, -0.2) is 0 Å². The Kier molecular flexibility index (Phi) is 6.60. The Bertz CT molecular complexity index is 560. The summed E-state index contributed by atoms with van der Waals surface area (Å²) >= 11 is 0. The molecule has 0 heterocycles. The van der Waals surface area contributed by atoms with Crippen molar-refractivity contribution >= 4 is 15.8 Å². The minimum absolute atomic E-state index is 0.182. The van der Waals surface area contributed by atoms with Crippen molar-refractivity contribution in [2.45, 2.75) is 75.8 Å². The normalized spacial score (nSPS) is 23.7. The average molecular weight is 398 g/mol. The summed E-state index contributed by atoms with van der Waals surface area (Å²) in [6, 6.07) is 0. The largest absolute Gasteiger partial charge is 0.0921 e. The van der Waals surface area contributed by atoms with Gasteiger partial charge in [-0.2, -0.15) is 0 Å². The van der Waals surface area contributed by atoms with Gasteiger partial charge in [-0.3, -0.25) is 0 Å². The zero-order valence-electron chi connectivity index (χ0n) is 18.0. The van der Waals surface area contributed by atoms with Crippen LogP contribution in [0.2, 0.25) is 0 Å². The summed E-state index contributed by atoms with van der Waals surface area (Å²) in [7, 11) is -0.489. The lowest BCUT2D eigenvalue weighted by Gasteiger charge is -2.49. The van der Waals surface area contributed by atoms with Gasteiger partial charge in [-0.1, -0.05) is 113 Å². The van der Waals surface area contributed by atoms with Crippen molar-refractivity contribution in [3.8, 4) is 0 Å². The molecule has 3 aliphatic rings. The molecule has 2 heteroatoms. The minimum Gasteiger partial charge on any atom is -0.0921 e. The van der Waals surface area contributed by atoms with Crippen LogP contribution in [0.3, 0.4) is 0 Å². The number of allylic oxidation sites excluding steroid dienone is 8. The van der Waals surface area contributed by atoms with Gasteiger partial charge in [0.1, 0.15) is 0 Å². The SMILES string of the molecule is C[C@H]([C]1[CH][CH][CH][C]1P(C1C=CC=C1)C1C=CC=C1)P(C(C)(C)C)C(C)(C)C. The van der Waals surface area contributed by atoms with E-state index in [1.807, 2.05) is 0 Å². The van der Waals surface area contributed by atoms with E-state index in [0.717, 1.165) is 0 Å². The molecule has 1 atom stereocenters. The highest BCUT2D eigenvalue weighted by molar-refractivity contribution is 7.64. The highest BCUT2D eigenvalue weighted by Gasteiger charge is 2.48. The van der Waals surface area contributed by atoms with Crippen LogP contribution in [0, 0.1) is 30.8 Å². The highest BCUT2D eigenvalue weighted by atomic mass is 31.1. The maximum absolute atomic E-state index is 2.50. The molecule has 0 bridgehead atoms. The van der Waals surface area contributed by atoms with Gasteiger partial charge in [0, 0.05) is 17.0 Å². The van der Waals surface area contributed by atoms with Crippen LogP contribution < -0.4 is 0 Å². The number of rotatable bonds is 5. The molecule has 0 aromatic rings. The van der Waals surface area contributed by atoms with Crippen LogP contribution in [0.5, 0.6) is 0 Å². The fourth-order valence-electron chi connectivity index (χ4n) is 5.05. The number of hydrogen-bond donors (Lipinski definition) is 0. The fraction of sp³-hybridized carbons (Fsp3) is 0.480. The average Bonchev–Trinajstić information content (AvgIpc) is 3.28. The van der Waals surface area contributed by atoms with Gasteiger partial charge < -0.3 is 0 Å². The van der Waals surface area contributed by atoms with Gasteiger partial charge in [0.2, 0.25) is 0 Å². The Morgan fingerprint density at radius 2 is 1.19 bits per heavy atom. The van der Waals surface area contributed by atoms with E-state index in [-0.39, 0.29) is 15.8 Å². The van der Waals surface area contributed by atoms with E-state index < -0.39 is 0 Å². The molecule has 27 heavy (non-hydrogen) atoms. The summed E-state index contributed by atoms with van der Waals surface area (Å²) < 4.78 is 0. The van der Waals surface area contributed by atoms with Crippen LogP contribution in [-0.2, 0) is 0 Å². The molecule has 145 valence electrons. The van der Waals surface area contributed by atoms with E-state index in [2.05, 4.69) is 116 Å². The standard InChI is InChI=1S/C25H35P2/c1-19(27(24(2,3)4)25(5,6)7)22-17-12-18-23(22)26(20-13-8-9-14-20)21-15-10-11-16-21/h8-21H,1-7H3/t19-/m1/s1. The second kappa shape index (κ2) is 8.28. The van der Waals surface area contributed by atoms with Gasteiger partial charge in [0.15, 0.2) is 0 Å². The molecule has 0 saturated heterocycles. The Labute approximate surface area is 171 Å². The lowest BCUT2D eigenvalue weighted by atomic mass is 10.0. The second-order valence-corrected chi connectivity index (χ2v) is 16.4. The molecule has 0 spiro atoms. The molecule has 3 rings (SSSR count). The minimum atomic E-state index is -0.308. The summed E-state index contributed by atoms with van der Waals surface area (Å²) in [5, 5.41) is 0.676. The fourth-order valence-corrected chi connectivity index (χ4v) is 13.0. The lowest BCUT2D eigenvalue weighted by Crippen LogP contribution is -2.34. The van der Waals surface area contributed by atoms with E-state index in [0.29, 0.717) is 27.3 Å². The predicted octanol–water partition coefficient (Wildman–Crippen LogP) is 7.66. The highest BCUT2D eigenvalue weighted by Crippen LogP contribution is 2.71. The lowest BCUT2D eigenvalue weighted by molar-refractivity contribution is 0.689. The van der Waals surface area contributed by atoms with Crippen LogP contribution in [0.4, 0.5) is 0 Å². The quantitative estimate of drug-likeness (QED) is 0.418. The first-order valence-electron chi connectivity index (χ1n) is 10.1. The molecule has 0 unspecified atom stereocenters. The third kappa shape index (κ3) is 4.70. The van der Waals surface area contributed by atoms with Crippen LogP contribution in [0.25, 0.3) is 0 Å². The van der Waals surface area contributed by atoms with E-state index in [1.54, 1.807) is 11.6 Å². The first-order valence-corrected chi connectivity index (χ1v) is 13.0. The second-order valence-electron chi connectivity index (χ2n) is 9.68. The summed E-state index contributed by atoms with van der Waals surface area (Å²) in [5.41, 5.74) is 3.35. The van der Waals surface area contributed by atoms with E-state index >= 15 is 0 Å². The summed E-state index contributed by atoms with van der Waals surface area (Å²) in [5.74, 6) is 1.61. The molecular formula is C25H35P2. The molecule has 0 aromatic heterocycles. The van der Waals surface area contributed by atoms with Crippen LogP contribution in [0.15, 0.2) is 48.6 Å². The van der Waals surface area contributed by atoms with Crippen molar-refractivity contribution in [3.63, 3.8) is 0 Å². The molecule has 5 radical (unpaired) electrons. The van der Waals surface area contributed by atoms with Crippen molar-refractivity contribution in [3.05, 3.63) is 79.4 Å². The maximum atomic E-state index is 2.50. The van der Waals surface area contributed by atoms with Gasteiger partial charge >= 0.3 is 0 Å². The monoisotopic (exact) mass is 397 g/mol. The predicted molar refractivity (Wildman–Crippen MR) is 126 cm³/mol. The third-order valence-corrected chi connectivity index (χ3v) is 12.4. The Balaban J connectivity index is 1.90. The summed E-state index contributed by atoms with van der Waals surface area (Å²) in [6.07, 6.45) is 25.7. The van der Waals surface area contributed by atoms with Gasteiger partial charge in [-0.05, 0) is 41.2 Å². The smallest absolute Gasteiger partial charge is 0.0170 e. The van der Waals surface area contributed by atoms with Gasteiger partial charge in [0.25, 0.3) is 0 Å². The Hall–Kier alpha value is -0.180. The molecule has 1 fully saturated rings. The Morgan fingerprint density at radius 1 is 0.741 bits per heavy atom. The van der Waals surface area contributed by atoms with Crippen LogP contribution in [0.1, 0.15) is 48.5 Å². The van der Waals surface area contributed by atoms with Gasteiger partial charge in [-0.15, -0.1) is 0 Å². The van der Waals surface area contributed by atoms with Crippen LogP contribution >= 0.6 is 15.8 Å². The van der Waals surface area contributed by atoms with Crippen molar-refractivity contribution in [1.82, 2.24) is 0 Å². The van der Waals surface area contributed by atoms with Crippen molar-refractivity contribution < 1.29 is 0 Å². The first kappa shape index (κ1) is 21.5. The van der Waals surface area contributed by atoms with Crippen molar-refractivity contribution in [1.29, 1.82) is 0 Å². The van der Waals surface area contributed by atoms with Crippen molar-refractivity contribution in [2.75, 3.05) is 0 Å². The molecule has 0 aromatic carbocycles. The van der Waals surface area contributed by atoms with E-state index in [4.69, 9.17) is 0 Å². The Morgan fingerprint density at radius 3 is 1.59 bits per heavy atom. The molecule has 3 aliphatic carbocycles. The molecule has 0 aliphatic heterocycles. The zero-order valence-corrected chi connectivity index (χ0v) is 19.8. The van der Waals surface area contributed by atoms with E-state index in [1.165, 1.54) is 0 Å². The zero-order chi connectivity index (χ0) is 19.8. The topological polar surface area (TPSA) is 0 Å². The molecule has 0 amide bonds. The van der Waals surface area contributed by atoms with Crippen molar-refractivity contribution in [2.24, 2.45) is 0 Å². The molecular weight excluding hydrogens is 362 g/mol. The summed E-state index contributed by atoms with van der Waals surface area (Å²) in [6.45, 7) is 17.1. The van der Waals surface area contributed by atoms with E-state index in [9.17, 15) is 0 Å². The van der Waals surface area contributed by atoms with Gasteiger partial charge in [0.05, 0.1) is 0 Å². The maximum Gasteiger partial charge on any atom is 0.0170 e. The molecule has 0 nitrogen and oxygen atoms in total. The first-order chi connectivity index (χ1) is 12.6. The third-order valence-electron chi connectivity index (χ3n) is 5.48.